The van der Waals surface area contributed by atoms with Gasteiger partial charge in [-0.1, -0.05) is 0 Å². The molecule has 1 aromatic heterocycles. The van der Waals surface area contributed by atoms with Gasteiger partial charge in [-0.15, -0.1) is 0 Å². The predicted octanol–water partition coefficient (Wildman–Crippen LogP) is -0.187. The zero-order valence-corrected chi connectivity index (χ0v) is 10.9. The Kier molecular flexibility index (Phi) is 3.04. The van der Waals surface area contributed by atoms with Gasteiger partial charge in [-0.2, -0.15) is 0 Å². The molecule has 0 aliphatic carbocycles. The van der Waals surface area contributed by atoms with Crippen LogP contribution in [0.25, 0.3) is 0 Å². The van der Waals surface area contributed by atoms with Crippen LogP contribution in [-0.4, -0.2) is 33.8 Å². The largest absolute Gasteiger partial charge is 0.378 e. The number of imide groups is 1. The number of carbonyl (C=O) groups is 2. The molecule has 9 heteroatoms. The van der Waals surface area contributed by atoms with Crippen LogP contribution in [0, 0.1) is 10.1 Å². The zero-order chi connectivity index (χ0) is 15.1. The van der Waals surface area contributed by atoms with Crippen molar-refractivity contribution in [3.05, 3.63) is 22.2 Å². The Morgan fingerprint density at radius 1 is 1.45 bits per heavy atom. The lowest BCUT2D eigenvalue weighted by Crippen LogP contribution is -2.64. The van der Waals surface area contributed by atoms with Gasteiger partial charge in [0.15, 0.2) is 0 Å². The molecule has 2 heterocycles. The Balaban J connectivity index is 2.44. The first kappa shape index (κ1) is 13.7. The van der Waals surface area contributed by atoms with E-state index in [9.17, 15) is 19.7 Å². The fourth-order valence-corrected chi connectivity index (χ4v) is 1.91. The molecule has 0 bridgehead atoms. The van der Waals surface area contributed by atoms with Crippen LogP contribution in [0.5, 0.6) is 0 Å². The summed E-state index contributed by atoms with van der Waals surface area (Å²) < 4.78 is 0. The van der Waals surface area contributed by atoms with E-state index in [1.165, 1.54) is 17.0 Å². The number of nitro groups is 1. The molecule has 1 fully saturated rings. The molecule has 9 nitrogen and oxygen atoms in total. The van der Waals surface area contributed by atoms with Crippen LogP contribution in [0.1, 0.15) is 13.8 Å². The van der Waals surface area contributed by atoms with Gasteiger partial charge in [-0.05, 0) is 19.9 Å². The summed E-state index contributed by atoms with van der Waals surface area (Å²) in [5.74, 6) is -0.955. The van der Waals surface area contributed by atoms with E-state index in [0.29, 0.717) is 0 Å². The maximum Gasteiger partial charge on any atom is 0.311 e. The van der Waals surface area contributed by atoms with Crippen molar-refractivity contribution in [3.8, 4) is 0 Å². The van der Waals surface area contributed by atoms with Crippen LogP contribution in [0.15, 0.2) is 12.1 Å². The van der Waals surface area contributed by atoms with Crippen molar-refractivity contribution < 1.29 is 14.5 Å². The van der Waals surface area contributed by atoms with Gasteiger partial charge in [0.05, 0.1) is 11.5 Å². The first-order valence-electron chi connectivity index (χ1n) is 5.76. The number of piperazine rings is 1. The topological polar surface area (TPSA) is 131 Å². The molecule has 1 aliphatic rings. The van der Waals surface area contributed by atoms with E-state index < -0.39 is 22.3 Å². The number of hydrogen-bond donors (Lipinski definition) is 2. The van der Waals surface area contributed by atoms with Gasteiger partial charge in [-0.3, -0.25) is 25.0 Å². The average molecular weight is 279 g/mol. The van der Waals surface area contributed by atoms with Crippen molar-refractivity contribution in [1.82, 2.24) is 10.3 Å². The highest BCUT2D eigenvalue weighted by Crippen LogP contribution is 2.28. The maximum absolute atomic E-state index is 11.8. The van der Waals surface area contributed by atoms with Crippen molar-refractivity contribution in [2.45, 2.75) is 19.4 Å². The number of nitrogens with one attached hydrogen (secondary N) is 1. The second kappa shape index (κ2) is 4.44. The van der Waals surface area contributed by atoms with Gasteiger partial charge in [0, 0.05) is 6.07 Å². The SMILES string of the molecule is CC1(C)C(=O)NC(=O)CN1c1ccc([N+](=O)[O-])c(N)n1. The third-order valence-electron chi connectivity index (χ3n) is 3.15. The van der Waals surface area contributed by atoms with Gasteiger partial charge in [0.25, 0.3) is 5.91 Å². The third kappa shape index (κ3) is 2.13. The number of nitrogen functional groups attached to an aromatic ring is 1. The molecule has 0 aromatic carbocycles. The number of nitrogens with two attached hydrogens (primary N) is 1. The first-order valence-corrected chi connectivity index (χ1v) is 5.76. The van der Waals surface area contributed by atoms with Crippen molar-refractivity contribution in [3.63, 3.8) is 0 Å². The Morgan fingerprint density at radius 2 is 2.10 bits per heavy atom. The fourth-order valence-electron chi connectivity index (χ4n) is 1.91. The van der Waals surface area contributed by atoms with Crippen LogP contribution in [0.4, 0.5) is 17.3 Å². The molecule has 2 amide bonds. The number of aromatic nitrogens is 1. The molecular formula is C11H13N5O4. The quantitative estimate of drug-likeness (QED) is 0.435. The highest BCUT2D eigenvalue weighted by molar-refractivity contribution is 6.06. The number of nitrogens with zero attached hydrogens (tertiary/aromatic N) is 3. The first-order chi connectivity index (χ1) is 9.23. The molecule has 1 saturated heterocycles. The van der Waals surface area contributed by atoms with Crippen LogP contribution >= 0.6 is 0 Å². The molecule has 20 heavy (non-hydrogen) atoms. The Bertz CT molecular complexity index is 613. The second-order valence-corrected chi connectivity index (χ2v) is 4.85. The van der Waals surface area contributed by atoms with E-state index in [2.05, 4.69) is 10.3 Å². The number of hydrogen-bond acceptors (Lipinski definition) is 7. The third-order valence-corrected chi connectivity index (χ3v) is 3.15. The highest BCUT2D eigenvalue weighted by Gasteiger charge is 2.41. The minimum atomic E-state index is -1.01. The lowest BCUT2D eigenvalue weighted by atomic mass is 9.98. The van der Waals surface area contributed by atoms with E-state index in [-0.39, 0.29) is 23.9 Å². The smallest absolute Gasteiger partial charge is 0.311 e. The standard InChI is InChI=1S/C11H13N5O4/c1-11(2)10(18)14-8(17)5-15(11)7-4-3-6(16(19)20)9(12)13-7/h3-4H,5H2,1-2H3,(H2,12,13)(H,14,17,18). The molecule has 0 unspecified atom stereocenters. The molecule has 1 aliphatic heterocycles. The van der Waals surface area contributed by atoms with Gasteiger partial charge < -0.3 is 10.6 Å². The number of rotatable bonds is 2. The maximum atomic E-state index is 11.8. The van der Waals surface area contributed by atoms with E-state index >= 15 is 0 Å². The lowest BCUT2D eigenvalue weighted by Gasteiger charge is -2.40. The van der Waals surface area contributed by atoms with Crippen molar-refractivity contribution in [2.24, 2.45) is 0 Å². The lowest BCUT2D eigenvalue weighted by molar-refractivity contribution is -0.384. The summed E-state index contributed by atoms with van der Waals surface area (Å²) in [7, 11) is 0. The number of amides is 2. The number of pyridine rings is 1. The molecule has 0 radical (unpaired) electrons. The molecule has 0 spiro atoms. The van der Waals surface area contributed by atoms with Crippen LogP contribution in [0.2, 0.25) is 0 Å². The zero-order valence-electron chi connectivity index (χ0n) is 10.9. The Labute approximate surface area is 113 Å². The summed E-state index contributed by atoms with van der Waals surface area (Å²) >= 11 is 0. The molecule has 1 aromatic rings. The number of carbonyl (C=O) groups excluding carboxylic acids is 2. The molecule has 0 saturated carbocycles. The van der Waals surface area contributed by atoms with Crippen molar-refractivity contribution in [1.29, 1.82) is 0 Å². The van der Waals surface area contributed by atoms with Crippen LogP contribution in [0.3, 0.4) is 0 Å². The van der Waals surface area contributed by atoms with Crippen LogP contribution < -0.4 is 16.0 Å². The minimum absolute atomic E-state index is 0.0804. The number of anilines is 2. The summed E-state index contributed by atoms with van der Waals surface area (Å²) in [5, 5.41) is 12.9. The molecule has 106 valence electrons. The minimum Gasteiger partial charge on any atom is -0.378 e. The molecule has 0 atom stereocenters. The summed E-state index contributed by atoms with van der Waals surface area (Å²) in [6, 6.07) is 2.56. The van der Waals surface area contributed by atoms with Crippen molar-refractivity contribution >= 4 is 29.1 Å². The van der Waals surface area contributed by atoms with Crippen LogP contribution in [-0.2, 0) is 9.59 Å². The van der Waals surface area contributed by atoms with E-state index in [0.717, 1.165) is 0 Å². The summed E-state index contributed by atoms with van der Waals surface area (Å²) in [5.41, 5.74) is 4.19. The summed E-state index contributed by atoms with van der Waals surface area (Å²) in [4.78, 5) is 38.7. The fraction of sp³-hybridized carbons (Fsp3) is 0.364. The summed E-state index contributed by atoms with van der Waals surface area (Å²) in [6.07, 6.45) is 0. The Hall–Kier alpha value is -2.71. The predicted molar refractivity (Wildman–Crippen MR) is 69.9 cm³/mol. The van der Waals surface area contributed by atoms with E-state index in [1.807, 2.05) is 0 Å². The van der Waals surface area contributed by atoms with E-state index in [4.69, 9.17) is 5.73 Å². The Morgan fingerprint density at radius 3 is 2.65 bits per heavy atom. The van der Waals surface area contributed by atoms with Gasteiger partial charge >= 0.3 is 5.69 Å². The van der Waals surface area contributed by atoms with Crippen molar-refractivity contribution in [2.75, 3.05) is 17.2 Å². The molecule has 2 rings (SSSR count). The monoisotopic (exact) mass is 279 g/mol. The van der Waals surface area contributed by atoms with Gasteiger partial charge in [-0.25, -0.2) is 4.98 Å². The normalized spacial score (nSPS) is 17.8. The van der Waals surface area contributed by atoms with E-state index in [1.54, 1.807) is 13.8 Å². The second-order valence-electron chi connectivity index (χ2n) is 4.85. The van der Waals surface area contributed by atoms with Gasteiger partial charge in [0.1, 0.15) is 11.4 Å². The van der Waals surface area contributed by atoms with Gasteiger partial charge in [0.2, 0.25) is 11.7 Å². The highest BCUT2D eigenvalue weighted by atomic mass is 16.6. The molecular weight excluding hydrogens is 266 g/mol. The summed E-state index contributed by atoms with van der Waals surface area (Å²) in [6.45, 7) is 3.16. The molecule has 3 N–H and O–H groups in total. The average Bonchev–Trinajstić information content (AvgIpc) is 2.33.